The van der Waals surface area contributed by atoms with Gasteiger partial charge in [0.25, 0.3) is 0 Å². The molecular formula is C22H20O6. The Bertz CT molecular complexity index is 1010. The number of benzene rings is 2. The Morgan fingerprint density at radius 1 is 1.00 bits per heavy atom. The van der Waals surface area contributed by atoms with Gasteiger partial charge < -0.3 is 24.1 Å². The van der Waals surface area contributed by atoms with E-state index in [0.717, 1.165) is 11.1 Å². The molecule has 6 heteroatoms. The number of methoxy groups -OCH3 is 3. The van der Waals surface area contributed by atoms with Crippen molar-refractivity contribution >= 4 is 5.78 Å². The minimum absolute atomic E-state index is 0.223. The molecular weight excluding hydrogens is 360 g/mol. The van der Waals surface area contributed by atoms with Crippen LogP contribution in [0.2, 0.25) is 0 Å². The van der Waals surface area contributed by atoms with Crippen LogP contribution in [-0.4, -0.2) is 43.9 Å². The van der Waals surface area contributed by atoms with Gasteiger partial charge in [0.1, 0.15) is 23.4 Å². The van der Waals surface area contributed by atoms with Crippen molar-refractivity contribution < 1.29 is 28.8 Å². The topological polar surface area (TPSA) is 74.2 Å². The zero-order valence-corrected chi connectivity index (χ0v) is 15.8. The van der Waals surface area contributed by atoms with Crippen LogP contribution in [0.25, 0.3) is 11.1 Å². The van der Waals surface area contributed by atoms with Crippen LogP contribution in [-0.2, 0) is 9.47 Å². The van der Waals surface area contributed by atoms with Gasteiger partial charge in [-0.1, -0.05) is 24.3 Å². The largest absolute Gasteiger partial charge is 0.498 e. The van der Waals surface area contributed by atoms with Gasteiger partial charge in [0.15, 0.2) is 5.76 Å². The number of para-hydroxylation sites is 1. The SMILES string of the molecule is COC1=CC2(Oc3ccc(-c4ccccc4OC)cc3C2=O)C(OC)=CC1O. The number of Topliss-reactive ketones (excluding diaryl/α,β-unsaturated/α-hetero) is 1. The molecule has 1 heterocycles. The minimum Gasteiger partial charge on any atom is -0.498 e. The molecule has 0 amide bonds. The van der Waals surface area contributed by atoms with E-state index in [-0.39, 0.29) is 17.3 Å². The Morgan fingerprint density at radius 2 is 1.79 bits per heavy atom. The summed E-state index contributed by atoms with van der Waals surface area (Å²) < 4.78 is 22.1. The minimum atomic E-state index is -1.49. The highest BCUT2D eigenvalue weighted by Crippen LogP contribution is 2.45. The third-order valence-corrected chi connectivity index (χ3v) is 5.02. The normalized spacial score (nSPS) is 22.9. The molecule has 28 heavy (non-hydrogen) atoms. The van der Waals surface area contributed by atoms with Gasteiger partial charge in [-0.05, 0) is 29.8 Å². The summed E-state index contributed by atoms with van der Waals surface area (Å²) in [4.78, 5) is 13.4. The lowest BCUT2D eigenvalue weighted by Gasteiger charge is -2.31. The van der Waals surface area contributed by atoms with Crippen molar-refractivity contribution in [2.24, 2.45) is 0 Å². The van der Waals surface area contributed by atoms with Crippen molar-refractivity contribution in [3.8, 4) is 22.6 Å². The highest BCUT2D eigenvalue weighted by molar-refractivity contribution is 6.11. The van der Waals surface area contributed by atoms with E-state index in [1.165, 1.54) is 26.4 Å². The first-order chi connectivity index (χ1) is 13.5. The lowest BCUT2D eigenvalue weighted by molar-refractivity contribution is 0.0545. The molecule has 1 aliphatic heterocycles. The van der Waals surface area contributed by atoms with Gasteiger partial charge in [-0.2, -0.15) is 0 Å². The van der Waals surface area contributed by atoms with E-state index in [0.29, 0.717) is 17.1 Å². The molecule has 0 bridgehead atoms. The molecule has 0 fully saturated rings. The first-order valence-electron chi connectivity index (χ1n) is 8.76. The molecule has 1 N–H and O–H groups in total. The van der Waals surface area contributed by atoms with E-state index in [1.807, 2.05) is 30.3 Å². The van der Waals surface area contributed by atoms with Gasteiger partial charge in [0, 0.05) is 11.6 Å². The van der Waals surface area contributed by atoms with Crippen LogP contribution in [0.1, 0.15) is 10.4 Å². The second kappa shape index (κ2) is 6.73. The molecule has 0 radical (unpaired) electrons. The number of aliphatic hydroxyl groups is 1. The van der Waals surface area contributed by atoms with Gasteiger partial charge in [-0.15, -0.1) is 0 Å². The fourth-order valence-electron chi connectivity index (χ4n) is 3.63. The van der Waals surface area contributed by atoms with Gasteiger partial charge in [-0.3, -0.25) is 4.79 Å². The Morgan fingerprint density at radius 3 is 2.50 bits per heavy atom. The van der Waals surface area contributed by atoms with E-state index in [4.69, 9.17) is 18.9 Å². The summed E-state index contributed by atoms with van der Waals surface area (Å²) in [5.41, 5.74) is 0.645. The van der Waals surface area contributed by atoms with Crippen LogP contribution in [0.3, 0.4) is 0 Å². The molecule has 2 unspecified atom stereocenters. The predicted octanol–water partition coefficient (Wildman–Crippen LogP) is 3.11. The highest BCUT2D eigenvalue weighted by Gasteiger charge is 2.53. The zero-order valence-electron chi connectivity index (χ0n) is 15.8. The Balaban J connectivity index is 1.81. The molecule has 2 atom stereocenters. The van der Waals surface area contributed by atoms with Crippen LogP contribution < -0.4 is 9.47 Å². The second-order valence-electron chi connectivity index (χ2n) is 6.51. The molecule has 2 aliphatic rings. The lowest BCUT2D eigenvalue weighted by Crippen LogP contribution is -2.44. The van der Waals surface area contributed by atoms with E-state index in [9.17, 15) is 9.90 Å². The molecule has 1 spiro atoms. The number of carbonyl (C=O) groups excluding carboxylic acids is 1. The average Bonchev–Trinajstić information content (AvgIpc) is 3.01. The first kappa shape index (κ1) is 18.1. The zero-order chi connectivity index (χ0) is 19.9. The third-order valence-electron chi connectivity index (χ3n) is 5.02. The summed E-state index contributed by atoms with van der Waals surface area (Å²) in [6.07, 6.45) is 1.89. The number of aliphatic hydroxyl groups excluding tert-OH is 1. The number of hydrogen-bond donors (Lipinski definition) is 1. The summed E-state index contributed by atoms with van der Waals surface area (Å²) in [5.74, 6) is 1.32. The Kier molecular flexibility index (Phi) is 4.35. The number of carbonyl (C=O) groups is 1. The first-order valence-corrected chi connectivity index (χ1v) is 8.76. The van der Waals surface area contributed by atoms with Crippen LogP contribution in [0, 0.1) is 0 Å². The molecule has 2 aromatic carbocycles. The maximum absolute atomic E-state index is 13.4. The molecule has 0 saturated carbocycles. The Labute approximate surface area is 162 Å². The van der Waals surface area contributed by atoms with Crippen molar-refractivity contribution in [1.29, 1.82) is 0 Å². The molecule has 1 aliphatic carbocycles. The average molecular weight is 380 g/mol. The maximum Gasteiger partial charge on any atom is 0.249 e. The van der Waals surface area contributed by atoms with Crippen molar-refractivity contribution in [2.75, 3.05) is 21.3 Å². The van der Waals surface area contributed by atoms with E-state index in [2.05, 4.69) is 0 Å². The molecule has 0 saturated heterocycles. The number of ketones is 1. The highest BCUT2D eigenvalue weighted by atomic mass is 16.6. The van der Waals surface area contributed by atoms with Crippen molar-refractivity contribution in [2.45, 2.75) is 11.7 Å². The fourth-order valence-corrected chi connectivity index (χ4v) is 3.63. The van der Waals surface area contributed by atoms with Crippen LogP contribution >= 0.6 is 0 Å². The maximum atomic E-state index is 13.4. The summed E-state index contributed by atoms with van der Waals surface area (Å²) in [5, 5.41) is 10.1. The lowest BCUT2D eigenvalue weighted by atomic mass is 9.87. The fraction of sp³-hybridized carbons (Fsp3) is 0.227. The van der Waals surface area contributed by atoms with E-state index < -0.39 is 11.7 Å². The predicted molar refractivity (Wildman–Crippen MR) is 102 cm³/mol. The smallest absolute Gasteiger partial charge is 0.249 e. The Hall–Kier alpha value is -3.25. The third kappa shape index (κ3) is 2.57. The number of ether oxygens (including phenoxy) is 4. The molecule has 6 nitrogen and oxygen atoms in total. The summed E-state index contributed by atoms with van der Waals surface area (Å²) in [6, 6.07) is 13.0. The van der Waals surface area contributed by atoms with Gasteiger partial charge in [0.2, 0.25) is 11.4 Å². The summed E-state index contributed by atoms with van der Waals surface area (Å²) in [6.45, 7) is 0. The molecule has 0 aromatic heterocycles. The van der Waals surface area contributed by atoms with Gasteiger partial charge >= 0.3 is 0 Å². The van der Waals surface area contributed by atoms with Gasteiger partial charge in [0.05, 0.1) is 26.9 Å². The van der Waals surface area contributed by atoms with E-state index in [1.54, 1.807) is 19.2 Å². The molecule has 2 aromatic rings. The van der Waals surface area contributed by atoms with E-state index >= 15 is 0 Å². The summed E-state index contributed by atoms with van der Waals surface area (Å²) >= 11 is 0. The van der Waals surface area contributed by atoms with Crippen molar-refractivity contribution in [1.82, 2.24) is 0 Å². The number of fused-ring (bicyclic) bond motifs is 1. The van der Waals surface area contributed by atoms with Crippen LogP contribution in [0.15, 0.2) is 66.1 Å². The van der Waals surface area contributed by atoms with Crippen LogP contribution in [0.4, 0.5) is 0 Å². The van der Waals surface area contributed by atoms with Gasteiger partial charge in [-0.25, -0.2) is 0 Å². The second-order valence-corrected chi connectivity index (χ2v) is 6.51. The van der Waals surface area contributed by atoms with Crippen LogP contribution in [0.5, 0.6) is 11.5 Å². The summed E-state index contributed by atoms with van der Waals surface area (Å²) in [7, 11) is 4.47. The van der Waals surface area contributed by atoms with Crippen molar-refractivity contribution in [3.63, 3.8) is 0 Å². The quantitative estimate of drug-likeness (QED) is 0.879. The number of rotatable bonds is 4. The molecule has 4 rings (SSSR count). The van der Waals surface area contributed by atoms with Crippen molar-refractivity contribution in [3.05, 3.63) is 71.7 Å². The standard InChI is InChI=1S/C22H20O6/c1-25-17-7-5-4-6-14(17)13-8-9-18-15(10-13)21(24)22(28-18)12-19(26-2)16(23)11-20(22)27-3/h4-12,16,23H,1-3H3. The number of hydrogen-bond acceptors (Lipinski definition) is 6. The monoisotopic (exact) mass is 380 g/mol. The molecule has 144 valence electrons.